The average molecular weight is 248 g/mol. The van der Waals surface area contributed by atoms with Crippen molar-refractivity contribution in [3.8, 4) is 0 Å². The first-order valence-corrected chi connectivity index (χ1v) is 8.46. The highest BCUT2D eigenvalue weighted by molar-refractivity contribution is 7.10. The maximum Gasteiger partial charge on any atom is 0.165 e. The number of benzene rings is 2. The molecular formula is C17H16Si. The van der Waals surface area contributed by atoms with Crippen molar-refractivity contribution in [2.75, 3.05) is 0 Å². The summed E-state index contributed by atoms with van der Waals surface area (Å²) in [5.41, 5.74) is 6.14. The van der Waals surface area contributed by atoms with E-state index in [1.807, 2.05) is 0 Å². The van der Waals surface area contributed by atoms with E-state index in [0.717, 1.165) is 0 Å². The van der Waals surface area contributed by atoms with Gasteiger partial charge in [-0.25, -0.2) is 0 Å². The second-order valence-corrected chi connectivity index (χ2v) is 8.38. The summed E-state index contributed by atoms with van der Waals surface area (Å²) in [6.45, 7) is 2.14. The molecular weight excluding hydrogens is 232 g/mol. The number of rotatable bonds is 2. The van der Waals surface area contributed by atoms with Crippen LogP contribution < -0.4 is 10.4 Å². The van der Waals surface area contributed by atoms with Crippen LogP contribution in [0.3, 0.4) is 0 Å². The number of hydrogen-bond acceptors (Lipinski definition) is 0. The fraction of sp³-hybridized carbons (Fsp3) is 0.0588. The Balaban J connectivity index is 2.17. The summed E-state index contributed by atoms with van der Waals surface area (Å²) < 4.78 is 0. The molecule has 0 unspecified atom stereocenters. The molecule has 0 atom stereocenters. The minimum absolute atomic E-state index is 1.32. The summed E-state index contributed by atoms with van der Waals surface area (Å²) in [4.78, 5) is 0. The van der Waals surface area contributed by atoms with Gasteiger partial charge in [-0.2, -0.15) is 0 Å². The van der Waals surface area contributed by atoms with Gasteiger partial charge in [-0.05, 0) is 17.3 Å². The van der Waals surface area contributed by atoms with E-state index in [4.69, 9.17) is 0 Å². The first-order valence-electron chi connectivity index (χ1n) is 6.31. The second-order valence-electron chi connectivity index (χ2n) is 4.82. The van der Waals surface area contributed by atoms with Crippen LogP contribution in [0.2, 0.25) is 0 Å². The van der Waals surface area contributed by atoms with Crippen LogP contribution in [0.1, 0.15) is 5.56 Å². The predicted octanol–water partition coefficient (Wildman–Crippen LogP) is 2.76. The number of allylic oxidation sites excluding steroid dienone is 2. The molecule has 0 bridgehead atoms. The fourth-order valence-corrected chi connectivity index (χ4v) is 6.07. The van der Waals surface area contributed by atoms with Crippen LogP contribution >= 0.6 is 0 Å². The molecule has 18 heavy (non-hydrogen) atoms. The summed E-state index contributed by atoms with van der Waals surface area (Å²) in [5.74, 6) is 0. The lowest BCUT2D eigenvalue weighted by atomic mass is 10.2. The van der Waals surface area contributed by atoms with Crippen LogP contribution in [0, 0.1) is 6.92 Å². The van der Waals surface area contributed by atoms with Crippen LogP contribution in [-0.2, 0) is 0 Å². The molecule has 0 aliphatic carbocycles. The highest BCUT2D eigenvalue weighted by Crippen LogP contribution is 2.14. The van der Waals surface area contributed by atoms with Crippen LogP contribution in [0.5, 0.6) is 0 Å². The van der Waals surface area contributed by atoms with Gasteiger partial charge >= 0.3 is 0 Å². The van der Waals surface area contributed by atoms with Crippen molar-refractivity contribution in [1.82, 2.24) is 0 Å². The van der Waals surface area contributed by atoms with E-state index in [0.29, 0.717) is 0 Å². The van der Waals surface area contributed by atoms with Crippen LogP contribution in [0.4, 0.5) is 0 Å². The molecule has 0 spiro atoms. The first-order chi connectivity index (χ1) is 8.81. The van der Waals surface area contributed by atoms with E-state index in [2.05, 4.69) is 85.1 Å². The molecule has 0 nitrogen and oxygen atoms in total. The van der Waals surface area contributed by atoms with Gasteiger partial charge in [0.05, 0.1) is 0 Å². The third kappa shape index (κ3) is 1.77. The smallest absolute Gasteiger partial charge is 0.0823 e. The topological polar surface area (TPSA) is 0 Å². The monoisotopic (exact) mass is 248 g/mol. The summed E-state index contributed by atoms with van der Waals surface area (Å²) in [5, 5.41) is 2.92. The molecule has 1 heteroatoms. The molecule has 0 fully saturated rings. The largest absolute Gasteiger partial charge is 0.165 e. The predicted molar refractivity (Wildman–Crippen MR) is 80.9 cm³/mol. The van der Waals surface area contributed by atoms with Crippen LogP contribution in [0.15, 0.2) is 78.1 Å². The van der Waals surface area contributed by atoms with E-state index in [1.165, 1.54) is 15.9 Å². The molecule has 0 saturated carbocycles. The first kappa shape index (κ1) is 11.2. The second kappa shape index (κ2) is 4.43. The minimum atomic E-state index is -1.77. The van der Waals surface area contributed by atoms with Crippen molar-refractivity contribution in [2.24, 2.45) is 0 Å². The van der Waals surface area contributed by atoms with E-state index in [1.54, 1.807) is 0 Å². The van der Waals surface area contributed by atoms with Crippen molar-refractivity contribution in [1.29, 1.82) is 0 Å². The van der Waals surface area contributed by atoms with E-state index in [9.17, 15) is 0 Å². The Morgan fingerprint density at radius 1 is 0.667 bits per heavy atom. The average Bonchev–Trinajstić information content (AvgIpc) is 2.91. The third-order valence-corrected chi connectivity index (χ3v) is 7.62. The van der Waals surface area contributed by atoms with Gasteiger partial charge in [0, 0.05) is 0 Å². The fourth-order valence-electron chi connectivity index (χ4n) is 2.57. The van der Waals surface area contributed by atoms with Crippen molar-refractivity contribution in [3.63, 3.8) is 0 Å². The third-order valence-electron chi connectivity index (χ3n) is 3.61. The molecule has 1 aliphatic rings. The van der Waals surface area contributed by atoms with Gasteiger partial charge in [-0.3, -0.25) is 0 Å². The quantitative estimate of drug-likeness (QED) is 0.717. The Kier molecular flexibility index (Phi) is 2.77. The van der Waals surface area contributed by atoms with Crippen molar-refractivity contribution in [3.05, 3.63) is 83.7 Å². The maximum atomic E-state index is 2.41. The maximum absolute atomic E-state index is 2.41. The standard InChI is InChI=1S/C17H16Si/c1-15-9-11-17(12-10-15)18(13-5-6-14-18)16-7-3-2-4-8-16/h2-14H,1H3. The zero-order valence-corrected chi connectivity index (χ0v) is 11.5. The minimum Gasteiger partial charge on any atom is -0.0823 e. The molecule has 88 valence electrons. The highest BCUT2D eigenvalue weighted by atomic mass is 28.3. The summed E-state index contributed by atoms with van der Waals surface area (Å²) in [6.07, 6.45) is 4.39. The van der Waals surface area contributed by atoms with Crippen LogP contribution in [0.25, 0.3) is 0 Å². The Morgan fingerprint density at radius 2 is 1.22 bits per heavy atom. The van der Waals surface area contributed by atoms with Gasteiger partial charge in [0.25, 0.3) is 0 Å². The Labute approximate surface area is 109 Å². The molecule has 1 aliphatic heterocycles. The lowest BCUT2D eigenvalue weighted by Gasteiger charge is -2.24. The number of hydrogen-bond donors (Lipinski definition) is 0. The molecule has 2 aromatic carbocycles. The van der Waals surface area contributed by atoms with E-state index in [-0.39, 0.29) is 0 Å². The molecule has 0 aromatic heterocycles. The van der Waals surface area contributed by atoms with Crippen molar-refractivity contribution in [2.45, 2.75) is 6.92 Å². The lowest BCUT2D eigenvalue weighted by Crippen LogP contribution is -2.54. The van der Waals surface area contributed by atoms with E-state index >= 15 is 0 Å². The van der Waals surface area contributed by atoms with Crippen molar-refractivity contribution >= 4 is 18.4 Å². The molecule has 0 N–H and O–H groups in total. The summed E-state index contributed by atoms with van der Waals surface area (Å²) in [6, 6.07) is 19.9. The highest BCUT2D eigenvalue weighted by Gasteiger charge is 2.33. The molecule has 0 radical (unpaired) electrons. The van der Waals surface area contributed by atoms with E-state index < -0.39 is 8.07 Å². The van der Waals surface area contributed by atoms with Gasteiger partial charge in [0.15, 0.2) is 8.07 Å². The van der Waals surface area contributed by atoms with Crippen molar-refractivity contribution < 1.29 is 0 Å². The SMILES string of the molecule is Cc1ccc([Si]2(c3ccccc3)C=CC=C2)cc1. The molecule has 1 heterocycles. The Bertz CT molecular complexity index is 579. The van der Waals surface area contributed by atoms with Gasteiger partial charge in [-0.15, -0.1) is 0 Å². The van der Waals surface area contributed by atoms with Gasteiger partial charge in [0.2, 0.25) is 0 Å². The molecule has 0 amide bonds. The summed E-state index contributed by atoms with van der Waals surface area (Å²) in [7, 11) is -1.77. The Morgan fingerprint density at radius 3 is 1.83 bits per heavy atom. The van der Waals surface area contributed by atoms with Crippen LogP contribution in [-0.4, -0.2) is 8.07 Å². The molecule has 2 aromatic rings. The van der Waals surface area contributed by atoms with Gasteiger partial charge < -0.3 is 0 Å². The van der Waals surface area contributed by atoms with Gasteiger partial charge in [0.1, 0.15) is 0 Å². The zero-order chi connectivity index (χ0) is 12.4. The molecule has 3 rings (SSSR count). The summed E-state index contributed by atoms with van der Waals surface area (Å²) >= 11 is 0. The lowest BCUT2D eigenvalue weighted by molar-refractivity contribution is 1.49. The molecule has 0 saturated heterocycles. The zero-order valence-electron chi connectivity index (χ0n) is 10.5. The number of aryl methyl sites for hydroxylation is 1. The Hall–Kier alpha value is -1.86. The van der Waals surface area contributed by atoms with Gasteiger partial charge in [-0.1, -0.05) is 83.7 Å². The normalized spacial score (nSPS) is 16.1.